The molecule has 1 unspecified atom stereocenters. The molecule has 1 heterocycles. The summed E-state index contributed by atoms with van der Waals surface area (Å²) in [5.74, 6) is 0.0650. The first-order valence-corrected chi connectivity index (χ1v) is 5.76. The minimum absolute atomic E-state index is 0.0650. The smallest absolute Gasteiger partial charge is 0.337 e. The molecule has 0 aliphatic rings. The molecule has 0 aliphatic carbocycles. The van der Waals surface area contributed by atoms with Crippen LogP contribution in [-0.4, -0.2) is 4.98 Å². The summed E-state index contributed by atoms with van der Waals surface area (Å²) >= 11 is 4.73. The zero-order chi connectivity index (χ0) is 10.9. The highest BCUT2D eigenvalue weighted by atomic mass is 35.5. The standard InChI is InChI=1S/C8H7ClNO4P/c9-14-15(11,12)13-8-5-6-3-1-2-4-7(6)10-8/h1-5,10H,(H,11,12)/p-1. The van der Waals surface area contributed by atoms with Crippen molar-refractivity contribution in [2.24, 2.45) is 0 Å². The van der Waals surface area contributed by atoms with Crippen molar-refractivity contribution in [1.29, 1.82) is 0 Å². The number of para-hydroxylation sites is 1. The molecule has 2 aromatic rings. The fraction of sp³-hybridized carbons (Fsp3) is 0. The Morgan fingerprint density at radius 1 is 1.40 bits per heavy atom. The minimum Gasteiger partial charge on any atom is -0.745 e. The monoisotopic (exact) mass is 246 g/mol. The number of phosphoric acid groups is 1. The largest absolute Gasteiger partial charge is 0.745 e. The quantitative estimate of drug-likeness (QED) is 0.843. The van der Waals surface area contributed by atoms with Gasteiger partial charge < -0.3 is 14.4 Å². The van der Waals surface area contributed by atoms with Crippen molar-refractivity contribution in [2.45, 2.75) is 0 Å². The number of rotatable bonds is 3. The van der Waals surface area contributed by atoms with Crippen LogP contribution in [0.4, 0.5) is 0 Å². The summed E-state index contributed by atoms with van der Waals surface area (Å²) in [6.07, 6.45) is 0. The van der Waals surface area contributed by atoms with Gasteiger partial charge in [0.1, 0.15) is 0 Å². The molecule has 0 fully saturated rings. The van der Waals surface area contributed by atoms with Gasteiger partial charge in [-0.25, -0.2) is 0 Å². The molecule has 0 radical (unpaired) electrons. The highest BCUT2D eigenvalue weighted by Crippen LogP contribution is 2.40. The molecule has 1 aromatic carbocycles. The van der Waals surface area contributed by atoms with E-state index in [1.165, 1.54) is 6.07 Å². The lowest BCUT2D eigenvalue weighted by molar-refractivity contribution is -0.208. The molecule has 7 heteroatoms. The molecular weight excluding hydrogens is 241 g/mol. The van der Waals surface area contributed by atoms with Crippen molar-refractivity contribution < 1.29 is 18.1 Å². The van der Waals surface area contributed by atoms with Gasteiger partial charge in [0.25, 0.3) is 0 Å². The van der Waals surface area contributed by atoms with Crippen molar-refractivity contribution in [3.05, 3.63) is 30.3 Å². The average molecular weight is 247 g/mol. The Morgan fingerprint density at radius 3 is 2.80 bits per heavy atom. The molecular formula is C8H6ClNO4P-. The molecule has 0 saturated carbocycles. The number of hydrogen-bond acceptors (Lipinski definition) is 4. The predicted octanol–water partition coefficient (Wildman–Crippen LogP) is 2.19. The highest BCUT2D eigenvalue weighted by Gasteiger charge is 2.11. The van der Waals surface area contributed by atoms with Crippen molar-refractivity contribution in [3.8, 4) is 5.88 Å². The van der Waals surface area contributed by atoms with Gasteiger partial charge in [0.2, 0.25) is 0 Å². The summed E-state index contributed by atoms with van der Waals surface area (Å²) in [6, 6.07) is 8.79. The van der Waals surface area contributed by atoms with Crippen LogP contribution >= 0.6 is 19.7 Å². The number of fused-ring (bicyclic) bond motifs is 1. The Labute approximate surface area is 90.4 Å². The summed E-state index contributed by atoms with van der Waals surface area (Å²) in [5, 5.41) is 0.835. The Bertz CT molecular complexity index is 493. The summed E-state index contributed by atoms with van der Waals surface area (Å²) < 4.78 is 19.1. The van der Waals surface area contributed by atoms with Gasteiger partial charge in [-0.15, -0.1) is 0 Å². The molecule has 5 nitrogen and oxygen atoms in total. The van der Waals surface area contributed by atoms with Crippen molar-refractivity contribution in [1.82, 2.24) is 4.98 Å². The predicted molar refractivity (Wildman–Crippen MR) is 53.5 cm³/mol. The van der Waals surface area contributed by atoms with E-state index in [1.807, 2.05) is 18.2 Å². The van der Waals surface area contributed by atoms with E-state index in [0.717, 1.165) is 10.9 Å². The van der Waals surface area contributed by atoms with E-state index in [2.05, 4.69) is 13.6 Å². The van der Waals surface area contributed by atoms with Crippen molar-refractivity contribution in [2.75, 3.05) is 0 Å². The minimum atomic E-state index is -4.47. The lowest BCUT2D eigenvalue weighted by atomic mass is 10.3. The van der Waals surface area contributed by atoms with Crippen LogP contribution in [0.1, 0.15) is 0 Å². The molecule has 0 saturated heterocycles. The normalized spacial score (nSPS) is 15.1. The number of hydrogen-bond donors (Lipinski definition) is 1. The second-order valence-corrected chi connectivity index (χ2v) is 4.46. The molecule has 80 valence electrons. The van der Waals surface area contributed by atoms with E-state index in [1.54, 1.807) is 6.07 Å². The number of H-pyrrole nitrogens is 1. The Kier molecular flexibility index (Phi) is 2.71. The number of nitrogens with one attached hydrogen (secondary N) is 1. The van der Waals surface area contributed by atoms with Gasteiger partial charge in [-0.2, -0.15) is 4.08 Å². The summed E-state index contributed by atoms with van der Waals surface area (Å²) in [7, 11) is -4.47. The van der Waals surface area contributed by atoms with Crippen LogP contribution in [-0.2, 0) is 8.64 Å². The van der Waals surface area contributed by atoms with E-state index in [4.69, 9.17) is 11.9 Å². The van der Waals surface area contributed by atoms with E-state index in [-0.39, 0.29) is 5.88 Å². The topological polar surface area (TPSA) is 74.4 Å². The SMILES string of the molecule is O=P([O-])(OCl)Oc1cc2ccccc2[nH]1. The number of benzene rings is 1. The van der Waals surface area contributed by atoms with Crippen LogP contribution in [0.2, 0.25) is 0 Å². The van der Waals surface area contributed by atoms with E-state index in [0.29, 0.717) is 0 Å². The van der Waals surface area contributed by atoms with Crippen LogP contribution < -0.4 is 9.42 Å². The van der Waals surface area contributed by atoms with Crippen LogP contribution in [0.15, 0.2) is 30.3 Å². The molecule has 1 atom stereocenters. The summed E-state index contributed by atoms with van der Waals surface area (Å²) in [6.45, 7) is 0. The van der Waals surface area contributed by atoms with Crippen LogP contribution in [0.5, 0.6) is 5.88 Å². The van der Waals surface area contributed by atoms with Gasteiger partial charge in [0, 0.05) is 17.0 Å². The van der Waals surface area contributed by atoms with Crippen LogP contribution in [0.3, 0.4) is 0 Å². The summed E-state index contributed by atoms with van der Waals surface area (Å²) in [4.78, 5) is 13.6. The molecule has 0 amide bonds. The Hall–Kier alpha value is -1.00. The zero-order valence-corrected chi connectivity index (χ0v) is 9.00. The Balaban J connectivity index is 2.34. The van der Waals surface area contributed by atoms with Crippen LogP contribution in [0, 0.1) is 0 Å². The van der Waals surface area contributed by atoms with Crippen molar-refractivity contribution >= 4 is 30.6 Å². The van der Waals surface area contributed by atoms with Gasteiger partial charge in [-0.1, -0.05) is 18.2 Å². The number of aromatic amines is 1. The fourth-order valence-corrected chi connectivity index (χ4v) is 1.68. The number of phosphoric ester groups is 1. The van der Waals surface area contributed by atoms with Gasteiger partial charge >= 0.3 is 7.82 Å². The third-order valence-electron chi connectivity index (χ3n) is 1.80. The second kappa shape index (κ2) is 3.87. The van der Waals surface area contributed by atoms with Gasteiger partial charge in [-0.05, 0) is 6.07 Å². The molecule has 0 spiro atoms. The maximum absolute atomic E-state index is 10.9. The maximum Gasteiger partial charge on any atom is 0.337 e. The van der Waals surface area contributed by atoms with Crippen LogP contribution in [0.25, 0.3) is 10.9 Å². The maximum atomic E-state index is 10.9. The van der Waals surface area contributed by atoms with Gasteiger partial charge in [0.05, 0.1) is 11.9 Å². The molecule has 1 aromatic heterocycles. The summed E-state index contributed by atoms with van der Waals surface area (Å²) in [5.41, 5.74) is 0.766. The highest BCUT2D eigenvalue weighted by molar-refractivity contribution is 7.47. The fourth-order valence-electron chi connectivity index (χ4n) is 1.23. The van der Waals surface area contributed by atoms with Gasteiger partial charge in [-0.3, -0.25) is 4.57 Å². The third-order valence-corrected chi connectivity index (χ3v) is 2.90. The van der Waals surface area contributed by atoms with Crippen molar-refractivity contribution in [3.63, 3.8) is 0 Å². The first-order chi connectivity index (χ1) is 7.11. The second-order valence-electron chi connectivity index (χ2n) is 2.83. The van der Waals surface area contributed by atoms with Gasteiger partial charge in [0.15, 0.2) is 5.88 Å². The molecule has 2 rings (SSSR count). The first kappa shape index (κ1) is 10.5. The Morgan fingerprint density at radius 2 is 2.13 bits per heavy atom. The molecule has 0 aliphatic heterocycles. The first-order valence-electron chi connectivity index (χ1n) is 3.99. The molecule has 0 bridgehead atoms. The van der Waals surface area contributed by atoms with E-state index in [9.17, 15) is 9.46 Å². The lowest BCUT2D eigenvalue weighted by Crippen LogP contribution is -2.06. The lowest BCUT2D eigenvalue weighted by Gasteiger charge is -2.17. The van der Waals surface area contributed by atoms with E-state index < -0.39 is 7.82 Å². The third kappa shape index (κ3) is 2.33. The molecule has 1 N–H and O–H groups in total. The number of aromatic nitrogens is 1. The average Bonchev–Trinajstić information content (AvgIpc) is 2.58. The zero-order valence-electron chi connectivity index (χ0n) is 7.34. The molecule has 15 heavy (non-hydrogen) atoms. The van der Waals surface area contributed by atoms with E-state index >= 15 is 0 Å². The number of halogens is 1.